The number of hydrogen-bond acceptors (Lipinski definition) is 7. The van der Waals surface area contributed by atoms with Crippen LogP contribution in [0.5, 0.6) is 5.75 Å². The maximum atomic E-state index is 14.5. The fraction of sp³-hybridized carbons (Fsp3) is 0.250. The first-order chi connectivity index (χ1) is 15.4. The van der Waals surface area contributed by atoms with Crippen LogP contribution in [-0.4, -0.2) is 41.6 Å². The summed E-state index contributed by atoms with van der Waals surface area (Å²) in [5.41, 5.74) is 0.206. The highest BCUT2D eigenvalue weighted by Crippen LogP contribution is 2.33. The van der Waals surface area contributed by atoms with Crippen molar-refractivity contribution in [3.8, 4) is 17.2 Å². The van der Waals surface area contributed by atoms with E-state index in [1.165, 1.54) is 31.4 Å². The molecule has 1 aliphatic heterocycles. The lowest BCUT2D eigenvalue weighted by molar-refractivity contribution is -0.119. The van der Waals surface area contributed by atoms with Gasteiger partial charge in [0.1, 0.15) is 23.4 Å². The number of carbonyl (C=O) groups is 1. The van der Waals surface area contributed by atoms with E-state index in [4.69, 9.17) is 9.15 Å². The van der Waals surface area contributed by atoms with Gasteiger partial charge in [0.15, 0.2) is 0 Å². The molecule has 2 atom stereocenters. The highest BCUT2D eigenvalue weighted by Gasteiger charge is 2.40. The van der Waals surface area contributed by atoms with Crippen molar-refractivity contribution in [1.29, 1.82) is 0 Å². The second-order valence-corrected chi connectivity index (χ2v) is 7.86. The normalized spacial score (nSPS) is 18.1. The van der Waals surface area contributed by atoms with Crippen molar-refractivity contribution in [3.05, 3.63) is 53.6 Å². The Morgan fingerprint density at radius 1 is 1.19 bits per heavy atom. The first-order valence-corrected chi connectivity index (χ1v) is 10.2. The summed E-state index contributed by atoms with van der Waals surface area (Å²) < 4.78 is 64.3. The summed E-state index contributed by atoms with van der Waals surface area (Å²) in [5.74, 6) is -5.49. The average Bonchev–Trinajstić information content (AvgIpc) is 3.36. The topological polar surface area (TPSA) is 89.3 Å². The van der Waals surface area contributed by atoms with Gasteiger partial charge >= 0.3 is 6.01 Å². The van der Waals surface area contributed by atoms with E-state index >= 15 is 0 Å². The van der Waals surface area contributed by atoms with E-state index < -0.39 is 35.3 Å². The molecule has 4 rings (SSSR count). The summed E-state index contributed by atoms with van der Waals surface area (Å²) in [6, 6.07) is 6.93. The molecule has 0 bridgehead atoms. The Labute approximate surface area is 183 Å². The molecular weight excluding hydrogens is 452 g/mol. The predicted octanol–water partition coefficient (Wildman–Crippen LogP) is 4.03. The van der Waals surface area contributed by atoms with Crippen molar-refractivity contribution in [2.24, 2.45) is 0 Å². The summed E-state index contributed by atoms with van der Waals surface area (Å²) >= 11 is 0.406. The molecule has 32 heavy (non-hydrogen) atoms. The highest BCUT2D eigenvalue weighted by atomic mass is 32.2. The molecule has 0 saturated carbocycles. The number of nitrogens with one attached hydrogen (secondary N) is 2. The van der Waals surface area contributed by atoms with Crippen LogP contribution < -0.4 is 15.4 Å². The molecule has 12 heteroatoms. The van der Waals surface area contributed by atoms with Gasteiger partial charge in [-0.15, -0.1) is 5.10 Å². The largest absolute Gasteiger partial charge is 0.497 e. The summed E-state index contributed by atoms with van der Waals surface area (Å²) in [6.07, 6.45) is 0. The van der Waals surface area contributed by atoms with Crippen LogP contribution in [-0.2, 0) is 4.79 Å². The number of alkyl halides is 2. The lowest BCUT2D eigenvalue weighted by Gasteiger charge is -2.19. The minimum Gasteiger partial charge on any atom is -0.497 e. The average molecular weight is 468 g/mol. The zero-order valence-corrected chi connectivity index (χ0v) is 17.3. The van der Waals surface area contributed by atoms with Crippen molar-refractivity contribution < 1.29 is 31.5 Å². The van der Waals surface area contributed by atoms with Crippen molar-refractivity contribution in [3.63, 3.8) is 0 Å². The standard InChI is InChI=1S/C20H16F4N4O3S/c1-30-10-6-13(21)15(14(22)7-10)12-8-25-17(29)16(12)26-20-28-27-18(31-20)9-2-4-11(5-3-9)32-19(23)24/h2-7,12,16,19H,8H2,1H3,(H,25,29)(H,26,28)/t12-,16-/m0/s1. The Morgan fingerprint density at radius 3 is 2.50 bits per heavy atom. The second-order valence-electron chi connectivity index (χ2n) is 6.79. The Hall–Kier alpha value is -3.28. The van der Waals surface area contributed by atoms with E-state index in [2.05, 4.69) is 20.8 Å². The molecule has 0 radical (unpaired) electrons. The fourth-order valence-electron chi connectivity index (χ4n) is 3.40. The number of aromatic nitrogens is 2. The third kappa shape index (κ3) is 4.49. The second kappa shape index (κ2) is 9.07. The van der Waals surface area contributed by atoms with Crippen molar-refractivity contribution in [1.82, 2.24) is 15.5 Å². The van der Waals surface area contributed by atoms with Gasteiger partial charge in [-0.2, -0.15) is 8.78 Å². The van der Waals surface area contributed by atoms with E-state index in [9.17, 15) is 22.4 Å². The SMILES string of the molecule is COc1cc(F)c([C@@H]2CNC(=O)[C@H]2Nc2nnc(-c3ccc(SC(F)F)cc3)o2)c(F)c1. The predicted molar refractivity (Wildman–Crippen MR) is 108 cm³/mol. The number of ether oxygens (including phenoxy) is 1. The maximum Gasteiger partial charge on any atom is 0.316 e. The van der Waals surface area contributed by atoms with E-state index in [-0.39, 0.29) is 29.8 Å². The lowest BCUT2D eigenvalue weighted by atomic mass is 9.93. The minimum absolute atomic E-state index is 0.000921. The van der Waals surface area contributed by atoms with Gasteiger partial charge in [-0.25, -0.2) is 8.78 Å². The lowest BCUT2D eigenvalue weighted by Crippen LogP contribution is -2.33. The zero-order chi connectivity index (χ0) is 22.8. The van der Waals surface area contributed by atoms with Gasteiger partial charge in [-0.3, -0.25) is 4.79 Å². The van der Waals surface area contributed by atoms with Crippen LogP contribution in [0.3, 0.4) is 0 Å². The molecule has 0 unspecified atom stereocenters. The van der Waals surface area contributed by atoms with Gasteiger partial charge in [-0.1, -0.05) is 16.9 Å². The molecule has 3 aromatic rings. The molecule has 2 heterocycles. The van der Waals surface area contributed by atoms with Gasteiger partial charge in [0.2, 0.25) is 11.8 Å². The van der Waals surface area contributed by atoms with E-state index in [1.54, 1.807) is 0 Å². The van der Waals surface area contributed by atoms with Crippen molar-refractivity contribution in [2.75, 3.05) is 19.0 Å². The molecule has 2 N–H and O–H groups in total. The molecule has 1 amide bonds. The van der Waals surface area contributed by atoms with E-state index in [0.717, 1.165) is 12.1 Å². The smallest absolute Gasteiger partial charge is 0.316 e. The molecule has 7 nitrogen and oxygen atoms in total. The monoisotopic (exact) mass is 468 g/mol. The van der Waals surface area contributed by atoms with Gasteiger partial charge in [0.05, 0.1) is 7.11 Å². The summed E-state index contributed by atoms with van der Waals surface area (Å²) in [5, 5.41) is 13.0. The van der Waals surface area contributed by atoms with Crippen LogP contribution >= 0.6 is 11.8 Å². The number of carbonyl (C=O) groups excluding carboxylic acids is 1. The van der Waals surface area contributed by atoms with Gasteiger partial charge in [0, 0.05) is 40.6 Å². The molecule has 168 valence electrons. The number of benzene rings is 2. The summed E-state index contributed by atoms with van der Waals surface area (Å²) in [6.45, 7) is 0.000921. The summed E-state index contributed by atoms with van der Waals surface area (Å²) in [7, 11) is 1.29. The molecule has 0 aliphatic carbocycles. The van der Waals surface area contributed by atoms with Gasteiger partial charge in [0.25, 0.3) is 5.76 Å². The summed E-state index contributed by atoms with van der Waals surface area (Å²) in [4.78, 5) is 12.7. The number of amides is 1. The van der Waals surface area contributed by atoms with Gasteiger partial charge in [-0.05, 0) is 24.3 Å². The van der Waals surface area contributed by atoms with Crippen LogP contribution in [0.25, 0.3) is 11.5 Å². The first-order valence-electron chi connectivity index (χ1n) is 9.31. The third-order valence-electron chi connectivity index (χ3n) is 4.87. The number of hydrogen-bond donors (Lipinski definition) is 2. The molecule has 1 aliphatic rings. The van der Waals surface area contributed by atoms with Gasteiger partial charge < -0.3 is 19.8 Å². The zero-order valence-electron chi connectivity index (χ0n) is 16.4. The van der Waals surface area contributed by atoms with E-state index in [0.29, 0.717) is 22.2 Å². The number of thioether (sulfide) groups is 1. The Kier molecular flexibility index (Phi) is 6.21. The number of nitrogens with zero attached hydrogens (tertiary/aromatic N) is 2. The fourth-order valence-corrected chi connectivity index (χ4v) is 3.90. The first kappa shape index (κ1) is 21.9. The Morgan fingerprint density at radius 2 is 1.88 bits per heavy atom. The third-order valence-corrected chi connectivity index (χ3v) is 5.59. The number of methoxy groups -OCH3 is 1. The Balaban J connectivity index is 1.54. The molecular formula is C20H16F4N4O3S. The number of halogens is 4. The molecule has 1 aromatic heterocycles. The molecule has 1 fully saturated rings. The van der Waals surface area contributed by atoms with Crippen LogP contribution in [0.2, 0.25) is 0 Å². The van der Waals surface area contributed by atoms with Crippen LogP contribution in [0.1, 0.15) is 11.5 Å². The van der Waals surface area contributed by atoms with Crippen LogP contribution in [0.15, 0.2) is 45.7 Å². The molecule has 2 aromatic carbocycles. The number of anilines is 1. The highest BCUT2D eigenvalue weighted by molar-refractivity contribution is 7.99. The van der Waals surface area contributed by atoms with E-state index in [1.807, 2.05) is 0 Å². The molecule has 1 saturated heterocycles. The Bertz CT molecular complexity index is 1100. The number of rotatable bonds is 7. The van der Waals surface area contributed by atoms with Crippen molar-refractivity contribution in [2.45, 2.75) is 22.6 Å². The van der Waals surface area contributed by atoms with Crippen molar-refractivity contribution >= 4 is 23.7 Å². The van der Waals surface area contributed by atoms with Crippen LogP contribution in [0.4, 0.5) is 23.6 Å². The van der Waals surface area contributed by atoms with Crippen LogP contribution in [0, 0.1) is 11.6 Å². The maximum absolute atomic E-state index is 14.5. The quantitative estimate of drug-likeness (QED) is 0.400. The molecule has 0 spiro atoms. The minimum atomic E-state index is -2.54.